The third kappa shape index (κ3) is 3.51. The van der Waals surface area contributed by atoms with Crippen LogP contribution in [0.3, 0.4) is 0 Å². The second-order valence-corrected chi connectivity index (χ2v) is 9.01. The average molecular weight is 382 g/mol. The van der Waals surface area contributed by atoms with Gasteiger partial charge in [0.05, 0.1) is 11.4 Å². The van der Waals surface area contributed by atoms with Crippen LogP contribution in [0.2, 0.25) is 0 Å². The number of carbonyl (C=O) groups excluding carboxylic acids is 1. The summed E-state index contributed by atoms with van der Waals surface area (Å²) in [6.07, 6.45) is 2.08. The maximum Gasteiger partial charge on any atom is 0.263 e. The summed E-state index contributed by atoms with van der Waals surface area (Å²) in [5.74, 6) is -0.465. The van der Waals surface area contributed by atoms with Gasteiger partial charge in [-0.15, -0.1) is 11.3 Å². The summed E-state index contributed by atoms with van der Waals surface area (Å²) >= 11 is 1.24. The van der Waals surface area contributed by atoms with Crippen molar-refractivity contribution in [2.75, 3.05) is 17.6 Å². The van der Waals surface area contributed by atoms with Gasteiger partial charge in [-0.1, -0.05) is 0 Å². The van der Waals surface area contributed by atoms with Crippen molar-refractivity contribution < 1.29 is 13.2 Å². The van der Waals surface area contributed by atoms with Gasteiger partial charge in [0.25, 0.3) is 11.5 Å². The molecule has 0 fully saturated rings. The molecule has 0 spiro atoms. The minimum Gasteiger partial charge on any atom is -0.318 e. The van der Waals surface area contributed by atoms with Crippen molar-refractivity contribution in [1.29, 1.82) is 0 Å². The molecule has 0 bridgehead atoms. The van der Waals surface area contributed by atoms with E-state index in [1.807, 2.05) is 0 Å². The molecule has 1 aliphatic rings. The Labute approximate surface area is 149 Å². The highest BCUT2D eigenvalue weighted by molar-refractivity contribution is 7.89. The molecule has 1 amide bonds. The number of pyridine rings is 1. The normalized spacial score (nSPS) is 15.0. The van der Waals surface area contributed by atoms with E-state index in [0.29, 0.717) is 18.1 Å². The van der Waals surface area contributed by atoms with Crippen molar-refractivity contribution in [1.82, 2.24) is 13.9 Å². The van der Waals surface area contributed by atoms with Crippen LogP contribution in [0.1, 0.15) is 27.9 Å². The Kier molecular flexibility index (Phi) is 4.76. The van der Waals surface area contributed by atoms with Crippen LogP contribution in [0, 0.1) is 0 Å². The number of aromatic nitrogens is 2. The third-order valence-electron chi connectivity index (χ3n) is 4.04. The van der Waals surface area contributed by atoms with Crippen molar-refractivity contribution in [2.24, 2.45) is 7.05 Å². The molecule has 0 saturated carbocycles. The molecule has 0 atom stereocenters. The van der Waals surface area contributed by atoms with Gasteiger partial charge in [0.15, 0.2) is 5.13 Å². The van der Waals surface area contributed by atoms with Crippen LogP contribution >= 0.6 is 11.3 Å². The zero-order chi connectivity index (χ0) is 18.2. The van der Waals surface area contributed by atoms with Gasteiger partial charge >= 0.3 is 0 Å². The van der Waals surface area contributed by atoms with Crippen LogP contribution in [-0.2, 0) is 30.0 Å². The maximum atomic E-state index is 12.3. The van der Waals surface area contributed by atoms with Crippen molar-refractivity contribution in [3.63, 3.8) is 0 Å². The second-order valence-electron chi connectivity index (χ2n) is 5.67. The fourth-order valence-corrected chi connectivity index (χ4v) is 4.74. The van der Waals surface area contributed by atoms with E-state index in [0.717, 1.165) is 10.6 Å². The number of amides is 1. The highest BCUT2D eigenvalue weighted by Gasteiger charge is 2.28. The summed E-state index contributed by atoms with van der Waals surface area (Å²) in [5.41, 5.74) is 0.443. The Balaban J connectivity index is 1.80. The molecule has 1 N–H and O–H groups in total. The monoisotopic (exact) mass is 382 g/mol. The molecule has 0 saturated heterocycles. The molecule has 25 heavy (non-hydrogen) atoms. The number of hydrogen-bond acceptors (Lipinski definition) is 6. The first kappa shape index (κ1) is 17.8. The number of sulfonamides is 1. The van der Waals surface area contributed by atoms with Crippen LogP contribution in [0.4, 0.5) is 5.13 Å². The van der Waals surface area contributed by atoms with Gasteiger partial charge in [0.2, 0.25) is 10.0 Å². The first-order chi connectivity index (χ1) is 11.8. The molecule has 3 heterocycles. The number of aryl methyl sites for hydroxylation is 1. The molecule has 2 aromatic rings. The average Bonchev–Trinajstić information content (AvgIpc) is 2.98. The summed E-state index contributed by atoms with van der Waals surface area (Å²) < 4.78 is 26.8. The summed E-state index contributed by atoms with van der Waals surface area (Å²) in [6, 6.07) is 3.08. The Bertz CT molecular complexity index is 978. The molecule has 8 nitrogen and oxygen atoms in total. The standard InChI is InChI=1S/C15H18N4O4S2/c1-3-25(22,23)19-8-6-11-12(9-19)24-15(16-11)17-13(20)10-5-4-7-18(2)14(10)21/h4-5,7H,3,6,8-9H2,1-2H3,(H,16,17,20). The molecule has 10 heteroatoms. The lowest BCUT2D eigenvalue weighted by molar-refractivity contribution is 0.102. The van der Waals surface area contributed by atoms with E-state index in [1.165, 1.54) is 26.3 Å². The van der Waals surface area contributed by atoms with Gasteiger partial charge in [-0.05, 0) is 19.1 Å². The van der Waals surface area contributed by atoms with Gasteiger partial charge in [0, 0.05) is 37.6 Å². The van der Waals surface area contributed by atoms with Crippen LogP contribution in [0.25, 0.3) is 0 Å². The van der Waals surface area contributed by atoms with Crippen LogP contribution < -0.4 is 10.9 Å². The SMILES string of the molecule is CCS(=O)(=O)N1CCc2nc(NC(=O)c3cccn(C)c3=O)sc2C1. The molecule has 0 radical (unpaired) electrons. The van der Waals surface area contributed by atoms with Gasteiger partial charge in [-0.2, -0.15) is 4.31 Å². The fraction of sp³-hybridized carbons (Fsp3) is 0.400. The molecule has 0 aromatic carbocycles. The number of nitrogens with one attached hydrogen (secondary N) is 1. The highest BCUT2D eigenvalue weighted by Crippen LogP contribution is 2.29. The molecule has 1 aliphatic heterocycles. The summed E-state index contributed by atoms with van der Waals surface area (Å²) in [5, 5.41) is 3.01. The molecule has 3 rings (SSSR count). The number of anilines is 1. The van der Waals surface area contributed by atoms with E-state index in [9.17, 15) is 18.0 Å². The van der Waals surface area contributed by atoms with Crippen molar-refractivity contribution in [3.8, 4) is 0 Å². The van der Waals surface area contributed by atoms with E-state index in [2.05, 4.69) is 10.3 Å². The number of thiazole rings is 1. The first-order valence-corrected chi connectivity index (χ1v) is 10.2. The Hall–Kier alpha value is -2.04. The lowest BCUT2D eigenvalue weighted by Gasteiger charge is -2.24. The van der Waals surface area contributed by atoms with E-state index in [-0.39, 0.29) is 23.4 Å². The smallest absolute Gasteiger partial charge is 0.263 e. The maximum absolute atomic E-state index is 12.3. The first-order valence-electron chi connectivity index (χ1n) is 7.75. The Morgan fingerprint density at radius 1 is 1.44 bits per heavy atom. The minimum absolute atomic E-state index is 0.0355. The molecule has 0 unspecified atom stereocenters. The van der Waals surface area contributed by atoms with E-state index in [1.54, 1.807) is 26.2 Å². The van der Waals surface area contributed by atoms with E-state index >= 15 is 0 Å². The van der Waals surface area contributed by atoms with E-state index in [4.69, 9.17) is 0 Å². The Morgan fingerprint density at radius 2 is 2.20 bits per heavy atom. The Morgan fingerprint density at radius 3 is 2.92 bits per heavy atom. The van der Waals surface area contributed by atoms with E-state index < -0.39 is 15.9 Å². The molecule has 134 valence electrons. The number of carbonyl (C=O) groups is 1. The predicted octanol–water partition coefficient (Wildman–Crippen LogP) is 0.802. The lowest BCUT2D eigenvalue weighted by Crippen LogP contribution is -2.36. The second kappa shape index (κ2) is 6.70. The van der Waals surface area contributed by atoms with Gasteiger partial charge in [0.1, 0.15) is 5.56 Å². The highest BCUT2D eigenvalue weighted by atomic mass is 32.2. The molecular weight excluding hydrogens is 364 g/mol. The number of fused-ring (bicyclic) bond motifs is 1. The minimum atomic E-state index is -3.25. The third-order valence-corrected chi connectivity index (χ3v) is 6.87. The predicted molar refractivity (Wildman–Crippen MR) is 95.3 cm³/mol. The van der Waals surface area contributed by atoms with Crippen molar-refractivity contribution in [3.05, 3.63) is 44.8 Å². The van der Waals surface area contributed by atoms with Gasteiger partial charge in [-0.25, -0.2) is 13.4 Å². The van der Waals surface area contributed by atoms with Crippen LogP contribution in [0.5, 0.6) is 0 Å². The van der Waals surface area contributed by atoms with Gasteiger partial charge < -0.3 is 4.57 Å². The zero-order valence-corrected chi connectivity index (χ0v) is 15.5. The molecular formula is C15H18N4O4S2. The summed E-state index contributed by atoms with van der Waals surface area (Å²) in [4.78, 5) is 29.5. The lowest BCUT2D eigenvalue weighted by atomic mass is 10.2. The van der Waals surface area contributed by atoms with Crippen molar-refractivity contribution in [2.45, 2.75) is 19.9 Å². The van der Waals surface area contributed by atoms with Crippen LogP contribution in [0.15, 0.2) is 23.1 Å². The summed E-state index contributed by atoms with van der Waals surface area (Å²) in [6.45, 7) is 2.27. The number of nitrogens with zero attached hydrogens (tertiary/aromatic N) is 3. The quantitative estimate of drug-likeness (QED) is 0.843. The number of hydrogen-bond donors (Lipinski definition) is 1. The van der Waals surface area contributed by atoms with Crippen LogP contribution in [-0.4, -0.2) is 40.5 Å². The number of rotatable bonds is 4. The van der Waals surface area contributed by atoms with Gasteiger partial charge in [-0.3, -0.25) is 14.9 Å². The topological polar surface area (TPSA) is 101 Å². The fourth-order valence-electron chi connectivity index (χ4n) is 2.58. The largest absolute Gasteiger partial charge is 0.318 e. The van der Waals surface area contributed by atoms with Crippen molar-refractivity contribution >= 4 is 32.4 Å². The summed E-state index contributed by atoms with van der Waals surface area (Å²) in [7, 11) is -1.68. The zero-order valence-electron chi connectivity index (χ0n) is 13.9. The molecule has 2 aromatic heterocycles. The molecule has 0 aliphatic carbocycles.